The van der Waals surface area contributed by atoms with Crippen LogP contribution in [0.15, 0.2) is 30.3 Å². The monoisotopic (exact) mass is 437 g/mol. The number of hydrogen-bond acceptors (Lipinski definition) is 4. The van der Waals surface area contributed by atoms with Gasteiger partial charge < -0.3 is 10.2 Å². The maximum atomic E-state index is 13.0. The molecule has 32 heavy (non-hydrogen) atoms. The second-order valence-electron chi connectivity index (χ2n) is 8.45. The molecule has 0 bridgehead atoms. The second-order valence-corrected chi connectivity index (χ2v) is 8.45. The van der Waals surface area contributed by atoms with Crippen molar-refractivity contribution in [1.82, 2.24) is 24.8 Å². The van der Waals surface area contributed by atoms with Gasteiger partial charge in [-0.2, -0.15) is 5.10 Å². The average molecular weight is 438 g/mol. The highest BCUT2D eigenvalue weighted by Gasteiger charge is 2.28. The summed E-state index contributed by atoms with van der Waals surface area (Å²) >= 11 is 0. The van der Waals surface area contributed by atoms with Crippen LogP contribution in [0.2, 0.25) is 0 Å². The van der Waals surface area contributed by atoms with Crippen LogP contribution in [-0.2, 0) is 22.6 Å². The third kappa shape index (κ3) is 4.64. The molecule has 2 aromatic heterocycles. The zero-order chi connectivity index (χ0) is 22.8. The molecule has 1 aliphatic rings. The number of hydrogen-bond donors (Lipinski definition) is 1. The van der Waals surface area contributed by atoms with E-state index in [9.17, 15) is 14.0 Å². The van der Waals surface area contributed by atoms with Crippen LogP contribution in [0.4, 0.5) is 4.39 Å². The molecule has 0 unspecified atom stereocenters. The molecule has 4 rings (SSSR count). The number of halogens is 1. The Morgan fingerprint density at radius 2 is 1.97 bits per heavy atom. The summed E-state index contributed by atoms with van der Waals surface area (Å²) in [4.78, 5) is 30.6. The molecule has 1 N–H and O–H groups in total. The SMILES string of the molecule is CC(=O)N1CC[C@@H](c2cc3nc(C)c(CCC(=O)NCc4ccc(F)cc4)c(C)n3n2)C1. The van der Waals surface area contributed by atoms with Gasteiger partial charge in [-0.25, -0.2) is 13.9 Å². The molecule has 3 heterocycles. The van der Waals surface area contributed by atoms with Crippen LogP contribution < -0.4 is 5.32 Å². The van der Waals surface area contributed by atoms with Crippen molar-refractivity contribution in [3.63, 3.8) is 0 Å². The van der Waals surface area contributed by atoms with Gasteiger partial charge in [-0.3, -0.25) is 9.59 Å². The lowest BCUT2D eigenvalue weighted by Crippen LogP contribution is -2.25. The first-order valence-corrected chi connectivity index (χ1v) is 10.9. The molecule has 0 saturated carbocycles. The standard InChI is InChI=1S/C24H28FN5O2/c1-15-21(8-9-24(32)26-13-18-4-6-20(25)7-5-18)16(2)30-23(27-15)12-22(28-30)19-10-11-29(14-19)17(3)31/h4-7,12,19H,8-11,13-14H2,1-3H3,(H,26,32)/t19-/m1/s1. The summed E-state index contributed by atoms with van der Waals surface area (Å²) in [5.74, 6) is -0.0353. The van der Waals surface area contributed by atoms with Crippen molar-refractivity contribution in [3.05, 3.63) is 64.4 Å². The lowest BCUT2D eigenvalue weighted by atomic mass is 10.1. The first-order chi connectivity index (χ1) is 15.3. The molecule has 168 valence electrons. The summed E-state index contributed by atoms with van der Waals surface area (Å²) in [6.07, 6.45) is 1.80. The fourth-order valence-corrected chi connectivity index (χ4v) is 4.32. The zero-order valence-electron chi connectivity index (χ0n) is 18.7. The maximum Gasteiger partial charge on any atom is 0.220 e. The number of benzene rings is 1. The van der Waals surface area contributed by atoms with Gasteiger partial charge in [0.15, 0.2) is 5.65 Å². The highest BCUT2D eigenvalue weighted by molar-refractivity contribution is 5.76. The van der Waals surface area contributed by atoms with Crippen LogP contribution in [0.1, 0.15) is 53.9 Å². The normalized spacial score (nSPS) is 16.0. The first-order valence-electron chi connectivity index (χ1n) is 10.9. The van der Waals surface area contributed by atoms with E-state index in [0.29, 0.717) is 25.9 Å². The number of aryl methyl sites for hydroxylation is 2. The molecule has 3 aromatic rings. The number of aromatic nitrogens is 3. The lowest BCUT2D eigenvalue weighted by Gasteiger charge is -2.12. The Balaban J connectivity index is 1.43. The minimum Gasteiger partial charge on any atom is -0.352 e. The lowest BCUT2D eigenvalue weighted by molar-refractivity contribution is -0.127. The summed E-state index contributed by atoms with van der Waals surface area (Å²) in [5.41, 5.74) is 5.49. The Morgan fingerprint density at radius 1 is 1.22 bits per heavy atom. The number of rotatable bonds is 6. The van der Waals surface area contributed by atoms with Gasteiger partial charge in [0.2, 0.25) is 11.8 Å². The van der Waals surface area contributed by atoms with Gasteiger partial charge in [-0.1, -0.05) is 12.1 Å². The highest BCUT2D eigenvalue weighted by atomic mass is 19.1. The molecular weight excluding hydrogens is 409 g/mol. The Morgan fingerprint density at radius 3 is 2.66 bits per heavy atom. The van der Waals surface area contributed by atoms with Crippen LogP contribution >= 0.6 is 0 Å². The molecule has 0 spiro atoms. The number of likely N-dealkylation sites (tertiary alicyclic amines) is 1. The molecule has 0 aliphatic carbocycles. The first kappa shape index (κ1) is 21.9. The number of nitrogens with zero attached hydrogens (tertiary/aromatic N) is 4. The molecule has 1 fully saturated rings. The average Bonchev–Trinajstić information content (AvgIpc) is 3.40. The van der Waals surface area contributed by atoms with Gasteiger partial charge in [0.05, 0.1) is 5.69 Å². The fourth-order valence-electron chi connectivity index (χ4n) is 4.32. The highest BCUT2D eigenvalue weighted by Crippen LogP contribution is 2.28. The number of nitrogens with one attached hydrogen (secondary N) is 1. The fraction of sp³-hybridized carbons (Fsp3) is 0.417. The van der Waals surface area contributed by atoms with E-state index in [0.717, 1.165) is 46.8 Å². The summed E-state index contributed by atoms with van der Waals surface area (Å²) in [7, 11) is 0. The van der Waals surface area contributed by atoms with Gasteiger partial charge >= 0.3 is 0 Å². The van der Waals surface area contributed by atoms with Gasteiger partial charge in [0.1, 0.15) is 5.82 Å². The molecule has 1 saturated heterocycles. The summed E-state index contributed by atoms with van der Waals surface area (Å²) in [5, 5.41) is 7.67. The number of carbonyl (C=O) groups excluding carboxylic acids is 2. The van der Waals surface area contributed by atoms with Crippen LogP contribution in [0, 0.1) is 19.7 Å². The Hall–Kier alpha value is -3.29. The number of amides is 2. The van der Waals surface area contributed by atoms with Gasteiger partial charge in [-0.15, -0.1) is 0 Å². The van der Waals surface area contributed by atoms with E-state index in [1.54, 1.807) is 19.1 Å². The van der Waals surface area contributed by atoms with Crippen molar-refractivity contribution >= 4 is 17.5 Å². The largest absolute Gasteiger partial charge is 0.352 e. The number of carbonyl (C=O) groups is 2. The molecule has 1 aromatic carbocycles. The van der Waals surface area contributed by atoms with Crippen molar-refractivity contribution in [2.24, 2.45) is 0 Å². The summed E-state index contributed by atoms with van der Waals surface area (Å²) in [6.45, 7) is 7.38. The van der Waals surface area contributed by atoms with Gasteiger partial charge in [0.25, 0.3) is 0 Å². The predicted octanol–water partition coefficient (Wildman–Crippen LogP) is 3.07. The summed E-state index contributed by atoms with van der Waals surface area (Å²) in [6, 6.07) is 8.11. The van der Waals surface area contributed by atoms with E-state index >= 15 is 0 Å². The Kier molecular flexibility index (Phi) is 6.21. The second kappa shape index (κ2) is 9.06. The van der Waals surface area contributed by atoms with E-state index in [-0.39, 0.29) is 23.5 Å². The minimum absolute atomic E-state index is 0.0651. The maximum absolute atomic E-state index is 13.0. The van der Waals surface area contributed by atoms with E-state index in [2.05, 4.69) is 5.32 Å². The van der Waals surface area contributed by atoms with Gasteiger partial charge in [0, 0.05) is 56.4 Å². The minimum atomic E-state index is -0.292. The molecular formula is C24H28FN5O2. The van der Waals surface area contributed by atoms with Crippen LogP contribution in [0.5, 0.6) is 0 Å². The third-order valence-electron chi connectivity index (χ3n) is 6.24. The molecule has 1 atom stereocenters. The van der Waals surface area contributed by atoms with Crippen molar-refractivity contribution in [3.8, 4) is 0 Å². The molecule has 8 heteroatoms. The smallest absolute Gasteiger partial charge is 0.220 e. The van der Waals surface area contributed by atoms with Crippen LogP contribution in [0.25, 0.3) is 5.65 Å². The Bertz CT molecular complexity index is 1160. The van der Waals surface area contributed by atoms with Crippen molar-refractivity contribution < 1.29 is 14.0 Å². The van der Waals surface area contributed by atoms with E-state index in [1.807, 2.05) is 29.3 Å². The van der Waals surface area contributed by atoms with E-state index in [4.69, 9.17) is 10.1 Å². The zero-order valence-corrected chi connectivity index (χ0v) is 18.7. The van der Waals surface area contributed by atoms with Crippen LogP contribution in [0.3, 0.4) is 0 Å². The molecule has 0 radical (unpaired) electrons. The molecule has 2 amide bonds. The quantitative estimate of drug-likeness (QED) is 0.643. The van der Waals surface area contributed by atoms with Gasteiger partial charge in [-0.05, 0) is 49.9 Å². The number of fused-ring (bicyclic) bond motifs is 1. The van der Waals surface area contributed by atoms with Crippen LogP contribution in [-0.4, -0.2) is 44.4 Å². The topological polar surface area (TPSA) is 79.6 Å². The predicted molar refractivity (Wildman–Crippen MR) is 119 cm³/mol. The summed E-state index contributed by atoms with van der Waals surface area (Å²) < 4.78 is 14.9. The molecule has 7 nitrogen and oxygen atoms in total. The third-order valence-corrected chi connectivity index (χ3v) is 6.24. The van der Waals surface area contributed by atoms with E-state index < -0.39 is 0 Å². The Labute approximate surface area is 186 Å². The van der Waals surface area contributed by atoms with E-state index in [1.165, 1.54) is 12.1 Å². The van der Waals surface area contributed by atoms with Crippen molar-refractivity contribution in [1.29, 1.82) is 0 Å². The van der Waals surface area contributed by atoms with Crippen molar-refractivity contribution in [2.75, 3.05) is 13.1 Å². The van der Waals surface area contributed by atoms with Crippen molar-refractivity contribution in [2.45, 2.75) is 52.5 Å². The molecule has 1 aliphatic heterocycles.